The van der Waals surface area contributed by atoms with Gasteiger partial charge in [-0.15, -0.1) is 0 Å². The summed E-state index contributed by atoms with van der Waals surface area (Å²) in [6, 6.07) is 0.286. The molecule has 4 unspecified atom stereocenters. The normalized spacial score (nSPS) is 27.2. The van der Waals surface area contributed by atoms with Crippen LogP contribution >= 0.6 is 0 Å². The summed E-state index contributed by atoms with van der Waals surface area (Å²) >= 11 is 0. The maximum Gasteiger partial charge on any atom is 0.0897 e. The van der Waals surface area contributed by atoms with E-state index in [1.54, 1.807) is 0 Å². The lowest BCUT2D eigenvalue weighted by Crippen LogP contribution is -2.38. The molecule has 1 aliphatic carbocycles. The molecule has 1 saturated carbocycles. The minimum Gasteiger partial charge on any atom is -0.396 e. The highest BCUT2D eigenvalue weighted by atomic mass is 16.5. The molecule has 1 rings (SSSR count). The Bertz CT molecular complexity index is 225. The van der Waals surface area contributed by atoms with Gasteiger partial charge in [0.15, 0.2) is 0 Å². The standard InChI is InChI=1S/C15H31NO3/c1-3-13(7-8-17)16-10-14(18)11-19-15-6-4-5-12(2)9-15/h12-18H,3-11H2,1-2H3. The van der Waals surface area contributed by atoms with Gasteiger partial charge < -0.3 is 20.3 Å². The number of rotatable bonds is 9. The van der Waals surface area contributed by atoms with Crippen LogP contribution in [0.2, 0.25) is 0 Å². The maximum absolute atomic E-state index is 9.91. The SMILES string of the molecule is CCC(CCO)NCC(O)COC1CCCC(C)C1. The second kappa shape index (κ2) is 9.70. The van der Waals surface area contributed by atoms with Gasteiger partial charge in [-0.25, -0.2) is 0 Å². The Morgan fingerprint density at radius 3 is 2.79 bits per heavy atom. The second-order valence-electron chi connectivity index (χ2n) is 5.91. The molecule has 0 aromatic carbocycles. The summed E-state index contributed by atoms with van der Waals surface area (Å²) in [4.78, 5) is 0. The van der Waals surface area contributed by atoms with Gasteiger partial charge in [0.05, 0.1) is 18.8 Å². The average molecular weight is 273 g/mol. The lowest BCUT2D eigenvalue weighted by Gasteiger charge is -2.28. The Morgan fingerprint density at radius 2 is 2.16 bits per heavy atom. The Hall–Kier alpha value is -0.160. The van der Waals surface area contributed by atoms with Crippen LogP contribution in [0.4, 0.5) is 0 Å². The summed E-state index contributed by atoms with van der Waals surface area (Å²) in [6.07, 6.45) is 6.40. The van der Waals surface area contributed by atoms with Crippen molar-refractivity contribution in [1.29, 1.82) is 0 Å². The molecular formula is C15H31NO3. The highest BCUT2D eigenvalue weighted by Gasteiger charge is 2.20. The van der Waals surface area contributed by atoms with Crippen LogP contribution in [0.15, 0.2) is 0 Å². The van der Waals surface area contributed by atoms with Crippen LogP contribution in [0.1, 0.15) is 52.4 Å². The first kappa shape index (κ1) is 16.9. The Kier molecular flexibility index (Phi) is 8.62. The van der Waals surface area contributed by atoms with Crippen molar-refractivity contribution in [2.75, 3.05) is 19.8 Å². The molecule has 4 heteroatoms. The topological polar surface area (TPSA) is 61.7 Å². The van der Waals surface area contributed by atoms with Crippen molar-refractivity contribution in [3.63, 3.8) is 0 Å². The number of aliphatic hydroxyl groups is 2. The van der Waals surface area contributed by atoms with Crippen LogP contribution in [0.25, 0.3) is 0 Å². The Labute approximate surface area is 117 Å². The van der Waals surface area contributed by atoms with Crippen molar-refractivity contribution in [2.45, 2.75) is 70.6 Å². The van der Waals surface area contributed by atoms with E-state index in [9.17, 15) is 5.11 Å². The van der Waals surface area contributed by atoms with Gasteiger partial charge in [0.1, 0.15) is 0 Å². The highest BCUT2D eigenvalue weighted by Crippen LogP contribution is 2.25. The first-order valence-corrected chi connectivity index (χ1v) is 7.79. The zero-order valence-electron chi connectivity index (χ0n) is 12.5. The summed E-state index contributed by atoms with van der Waals surface area (Å²) in [6.45, 7) is 5.51. The van der Waals surface area contributed by atoms with Gasteiger partial charge in [-0.1, -0.05) is 26.7 Å². The molecule has 0 spiro atoms. The van der Waals surface area contributed by atoms with Gasteiger partial charge >= 0.3 is 0 Å². The molecule has 0 heterocycles. The van der Waals surface area contributed by atoms with E-state index in [4.69, 9.17) is 9.84 Å². The van der Waals surface area contributed by atoms with Crippen LogP contribution in [-0.2, 0) is 4.74 Å². The summed E-state index contributed by atoms with van der Waals surface area (Å²) in [5.41, 5.74) is 0. The molecule has 19 heavy (non-hydrogen) atoms. The maximum atomic E-state index is 9.91. The van der Waals surface area contributed by atoms with E-state index in [0.717, 1.165) is 31.6 Å². The first-order chi connectivity index (χ1) is 9.15. The van der Waals surface area contributed by atoms with Gasteiger partial charge in [0.25, 0.3) is 0 Å². The van der Waals surface area contributed by atoms with Gasteiger partial charge in [0.2, 0.25) is 0 Å². The van der Waals surface area contributed by atoms with Crippen LogP contribution in [0, 0.1) is 5.92 Å². The van der Waals surface area contributed by atoms with Crippen molar-refractivity contribution in [2.24, 2.45) is 5.92 Å². The molecule has 4 atom stereocenters. The molecule has 3 N–H and O–H groups in total. The Balaban J connectivity index is 2.11. The van der Waals surface area contributed by atoms with Crippen molar-refractivity contribution in [1.82, 2.24) is 5.32 Å². The smallest absolute Gasteiger partial charge is 0.0897 e. The van der Waals surface area contributed by atoms with Crippen molar-refractivity contribution >= 4 is 0 Å². The van der Waals surface area contributed by atoms with E-state index in [1.807, 2.05) is 0 Å². The van der Waals surface area contributed by atoms with Gasteiger partial charge in [-0.3, -0.25) is 0 Å². The van der Waals surface area contributed by atoms with Gasteiger partial charge in [0, 0.05) is 19.2 Å². The van der Waals surface area contributed by atoms with E-state index in [1.165, 1.54) is 12.8 Å². The number of ether oxygens (including phenoxy) is 1. The quantitative estimate of drug-likeness (QED) is 0.598. The van der Waals surface area contributed by atoms with E-state index in [2.05, 4.69) is 19.2 Å². The summed E-state index contributed by atoms with van der Waals surface area (Å²) in [5.74, 6) is 0.753. The summed E-state index contributed by atoms with van der Waals surface area (Å²) in [7, 11) is 0. The third kappa shape index (κ3) is 7.25. The summed E-state index contributed by atoms with van der Waals surface area (Å²) in [5, 5.41) is 22.1. The minimum absolute atomic E-state index is 0.193. The van der Waals surface area contributed by atoms with E-state index >= 15 is 0 Å². The van der Waals surface area contributed by atoms with Crippen molar-refractivity contribution in [3.05, 3.63) is 0 Å². The molecule has 1 fully saturated rings. The van der Waals surface area contributed by atoms with E-state index in [-0.39, 0.29) is 12.6 Å². The predicted molar refractivity (Wildman–Crippen MR) is 77.2 cm³/mol. The fraction of sp³-hybridized carbons (Fsp3) is 1.00. The molecule has 4 nitrogen and oxygen atoms in total. The summed E-state index contributed by atoms with van der Waals surface area (Å²) < 4.78 is 5.80. The number of nitrogens with one attached hydrogen (secondary N) is 1. The molecule has 0 aromatic heterocycles. The fourth-order valence-electron chi connectivity index (χ4n) is 2.74. The molecule has 0 saturated heterocycles. The van der Waals surface area contributed by atoms with Crippen molar-refractivity contribution in [3.8, 4) is 0 Å². The molecule has 114 valence electrons. The number of aliphatic hydroxyl groups excluding tert-OH is 2. The molecule has 0 radical (unpaired) electrons. The van der Waals surface area contributed by atoms with Crippen LogP contribution in [0.5, 0.6) is 0 Å². The Morgan fingerprint density at radius 1 is 1.37 bits per heavy atom. The molecular weight excluding hydrogens is 242 g/mol. The lowest BCUT2D eigenvalue weighted by atomic mass is 9.89. The van der Waals surface area contributed by atoms with E-state index in [0.29, 0.717) is 19.3 Å². The molecule has 0 aromatic rings. The van der Waals surface area contributed by atoms with Crippen molar-refractivity contribution < 1.29 is 14.9 Å². The monoisotopic (exact) mass is 273 g/mol. The molecule has 0 aliphatic heterocycles. The average Bonchev–Trinajstić information content (AvgIpc) is 2.41. The van der Waals surface area contributed by atoms with Gasteiger partial charge in [-0.05, 0) is 31.6 Å². The highest BCUT2D eigenvalue weighted by molar-refractivity contribution is 4.72. The zero-order valence-corrected chi connectivity index (χ0v) is 12.5. The molecule has 0 bridgehead atoms. The second-order valence-corrected chi connectivity index (χ2v) is 5.91. The molecule has 1 aliphatic rings. The predicted octanol–water partition coefficient (Wildman–Crippen LogP) is 1.69. The number of hydrogen-bond donors (Lipinski definition) is 3. The largest absolute Gasteiger partial charge is 0.396 e. The lowest BCUT2D eigenvalue weighted by molar-refractivity contribution is -0.0313. The molecule has 0 amide bonds. The first-order valence-electron chi connectivity index (χ1n) is 7.79. The van der Waals surface area contributed by atoms with E-state index < -0.39 is 6.10 Å². The minimum atomic E-state index is -0.454. The zero-order chi connectivity index (χ0) is 14.1. The fourth-order valence-corrected chi connectivity index (χ4v) is 2.74. The third-order valence-electron chi connectivity index (χ3n) is 4.03. The third-order valence-corrected chi connectivity index (χ3v) is 4.03. The van der Waals surface area contributed by atoms with Crippen LogP contribution < -0.4 is 5.32 Å². The van der Waals surface area contributed by atoms with Crippen LogP contribution in [0.3, 0.4) is 0 Å². The van der Waals surface area contributed by atoms with Crippen LogP contribution in [-0.4, -0.2) is 48.2 Å². The van der Waals surface area contributed by atoms with Gasteiger partial charge in [-0.2, -0.15) is 0 Å². The number of hydrogen-bond acceptors (Lipinski definition) is 4.